The van der Waals surface area contributed by atoms with Gasteiger partial charge in [0.2, 0.25) is 0 Å². The molecule has 0 aliphatic carbocycles. The number of hydrogen-bond donors (Lipinski definition) is 1. The van der Waals surface area contributed by atoms with E-state index < -0.39 is 0 Å². The lowest BCUT2D eigenvalue weighted by atomic mass is 10.1. The number of rotatable bonds is 5. The summed E-state index contributed by atoms with van der Waals surface area (Å²) in [5.74, 6) is 0.920. The Balaban J connectivity index is 2.10. The van der Waals surface area contributed by atoms with Gasteiger partial charge in [-0.25, -0.2) is 4.98 Å². The largest absolute Gasteiger partial charge is 0.368 e. The third-order valence-electron chi connectivity index (χ3n) is 3.24. The van der Waals surface area contributed by atoms with Gasteiger partial charge in [-0.15, -0.1) is 0 Å². The molecule has 108 valence electrons. The van der Waals surface area contributed by atoms with Gasteiger partial charge >= 0.3 is 0 Å². The molecule has 0 bridgehead atoms. The van der Waals surface area contributed by atoms with Crippen LogP contribution in [0.25, 0.3) is 0 Å². The number of aromatic nitrogens is 3. The summed E-state index contributed by atoms with van der Waals surface area (Å²) in [5.41, 5.74) is 2.32. The predicted octanol–water partition coefficient (Wildman–Crippen LogP) is 2.60. The second-order valence-corrected chi connectivity index (χ2v) is 6.04. The van der Waals surface area contributed by atoms with Crippen molar-refractivity contribution in [2.75, 3.05) is 26.0 Å². The van der Waals surface area contributed by atoms with Crippen LogP contribution in [0.15, 0.2) is 29.1 Å². The molecule has 2 aromatic heterocycles. The van der Waals surface area contributed by atoms with Crippen LogP contribution >= 0.6 is 15.9 Å². The van der Waals surface area contributed by atoms with E-state index in [1.54, 1.807) is 0 Å². The number of nitrogens with one attached hydrogen (secondary N) is 1. The van der Waals surface area contributed by atoms with Crippen molar-refractivity contribution in [3.63, 3.8) is 0 Å². The highest BCUT2D eigenvalue weighted by molar-refractivity contribution is 9.10. The molecule has 0 amide bonds. The molecule has 0 aromatic carbocycles. The lowest BCUT2D eigenvalue weighted by Crippen LogP contribution is -2.27. The summed E-state index contributed by atoms with van der Waals surface area (Å²) in [4.78, 5) is 6.59. The minimum Gasteiger partial charge on any atom is -0.368 e. The first-order chi connectivity index (χ1) is 9.47. The van der Waals surface area contributed by atoms with E-state index in [0.717, 1.165) is 22.4 Å². The van der Waals surface area contributed by atoms with E-state index in [4.69, 9.17) is 0 Å². The molecule has 1 atom stereocenters. The van der Waals surface area contributed by atoms with Crippen molar-refractivity contribution in [2.24, 2.45) is 7.05 Å². The molecule has 1 N–H and O–H groups in total. The van der Waals surface area contributed by atoms with Crippen LogP contribution in [-0.4, -0.2) is 40.3 Å². The molecule has 2 aromatic rings. The van der Waals surface area contributed by atoms with Crippen molar-refractivity contribution in [3.8, 4) is 0 Å². The number of hydrogen-bond acceptors (Lipinski definition) is 4. The highest BCUT2D eigenvalue weighted by Crippen LogP contribution is 2.20. The first-order valence-electron chi connectivity index (χ1n) is 6.48. The summed E-state index contributed by atoms with van der Waals surface area (Å²) in [6.45, 7) is 2.84. The van der Waals surface area contributed by atoms with E-state index in [9.17, 15) is 0 Å². The van der Waals surface area contributed by atoms with Crippen LogP contribution in [-0.2, 0) is 7.05 Å². The van der Waals surface area contributed by atoms with Gasteiger partial charge in [0.05, 0.1) is 12.2 Å². The molecule has 0 saturated carbocycles. The molecule has 2 rings (SSSR count). The summed E-state index contributed by atoms with van der Waals surface area (Å²) >= 11 is 3.43. The zero-order chi connectivity index (χ0) is 14.7. The maximum atomic E-state index is 4.41. The summed E-state index contributed by atoms with van der Waals surface area (Å²) in [6.07, 6.45) is 5.77. The second kappa shape index (κ2) is 6.37. The van der Waals surface area contributed by atoms with Gasteiger partial charge in [-0.1, -0.05) is 0 Å². The molecule has 0 fully saturated rings. The highest BCUT2D eigenvalue weighted by atomic mass is 79.9. The van der Waals surface area contributed by atoms with Crippen LogP contribution in [0, 0.1) is 6.92 Å². The number of nitrogens with zero attached hydrogens (tertiary/aromatic N) is 4. The van der Waals surface area contributed by atoms with Gasteiger partial charge in [0.25, 0.3) is 0 Å². The van der Waals surface area contributed by atoms with E-state index >= 15 is 0 Å². The average Bonchev–Trinajstić information content (AvgIpc) is 2.78. The lowest BCUT2D eigenvalue weighted by molar-refractivity contribution is 0.311. The van der Waals surface area contributed by atoms with Gasteiger partial charge in [0, 0.05) is 36.0 Å². The Kier molecular flexibility index (Phi) is 4.77. The fourth-order valence-corrected chi connectivity index (χ4v) is 2.58. The van der Waals surface area contributed by atoms with Crippen LogP contribution in [0.5, 0.6) is 0 Å². The first kappa shape index (κ1) is 15.0. The number of pyridine rings is 1. The van der Waals surface area contributed by atoms with E-state index in [1.165, 1.54) is 5.56 Å². The van der Waals surface area contributed by atoms with Crippen LogP contribution in [0.1, 0.15) is 17.2 Å². The average molecular weight is 338 g/mol. The Bertz CT molecular complexity index is 579. The van der Waals surface area contributed by atoms with E-state index in [-0.39, 0.29) is 6.04 Å². The highest BCUT2D eigenvalue weighted by Gasteiger charge is 2.16. The van der Waals surface area contributed by atoms with E-state index in [1.807, 2.05) is 30.3 Å². The number of aryl methyl sites for hydroxylation is 2. The zero-order valence-corrected chi connectivity index (χ0v) is 13.8. The van der Waals surface area contributed by atoms with Crippen LogP contribution < -0.4 is 5.32 Å². The van der Waals surface area contributed by atoms with Gasteiger partial charge in [-0.05, 0) is 48.6 Å². The van der Waals surface area contributed by atoms with Gasteiger partial charge in [0.15, 0.2) is 0 Å². The molecule has 0 saturated heterocycles. The summed E-state index contributed by atoms with van der Waals surface area (Å²) < 4.78 is 2.83. The molecule has 2 heterocycles. The monoisotopic (exact) mass is 337 g/mol. The topological polar surface area (TPSA) is 46.0 Å². The third-order valence-corrected chi connectivity index (χ3v) is 3.67. The number of anilines is 1. The molecule has 0 aliphatic rings. The molecule has 0 spiro atoms. The number of likely N-dealkylation sites (N-methyl/N-ethyl adjacent to an activating group) is 1. The van der Waals surface area contributed by atoms with Gasteiger partial charge < -0.3 is 10.2 Å². The molecule has 0 aliphatic heterocycles. The molecule has 6 heteroatoms. The predicted molar refractivity (Wildman–Crippen MR) is 84.8 cm³/mol. The van der Waals surface area contributed by atoms with Crippen molar-refractivity contribution in [1.82, 2.24) is 19.7 Å². The van der Waals surface area contributed by atoms with Crippen molar-refractivity contribution >= 4 is 21.7 Å². The third kappa shape index (κ3) is 3.58. The smallest absolute Gasteiger partial charge is 0.128 e. The first-order valence-corrected chi connectivity index (χ1v) is 7.27. The van der Waals surface area contributed by atoms with E-state index in [0.29, 0.717) is 0 Å². The van der Waals surface area contributed by atoms with Gasteiger partial charge in [-0.2, -0.15) is 5.10 Å². The van der Waals surface area contributed by atoms with Crippen molar-refractivity contribution < 1.29 is 0 Å². The van der Waals surface area contributed by atoms with Gasteiger partial charge in [-0.3, -0.25) is 4.68 Å². The maximum Gasteiger partial charge on any atom is 0.128 e. The van der Waals surface area contributed by atoms with Crippen LogP contribution in [0.4, 0.5) is 5.82 Å². The Morgan fingerprint density at radius 3 is 2.70 bits per heavy atom. The van der Waals surface area contributed by atoms with Crippen molar-refractivity contribution in [3.05, 3.63) is 40.3 Å². The molecule has 0 radical (unpaired) electrons. The Morgan fingerprint density at radius 2 is 2.15 bits per heavy atom. The Labute approximate surface area is 128 Å². The standard InChI is InChI=1S/C14H20BrN5/c1-10-5-12(15)7-16-14(10)17-8-13(19(2)3)11-6-18-20(4)9-11/h5-7,9,13H,8H2,1-4H3,(H,16,17). The molecule has 1 unspecified atom stereocenters. The summed E-state index contributed by atoms with van der Waals surface area (Å²) in [6, 6.07) is 2.32. The fraction of sp³-hybridized carbons (Fsp3) is 0.429. The van der Waals surface area contributed by atoms with Crippen molar-refractivity contribution in [2.45, 2.75) is 13.0 Å². The SMILES string of the molecule is Cc1cc(Br)cnc1NCC(c1cnn(C)c1)N(C)C. The zero-order valence-electron chi connectivity index (χ0n) is 12.3. The second-order valence-electron chi connectivity index (χ2n) is 5.13. The minimum atomic E-state index is 0.258. The maximum absolute atomic E-state index is 4.41. The minimum absolute atomic E-state index is 0.258. The van der Waals surface area contributed by atoms with Crippen LogP contribution in [0.3, 0.4) is 0 Å². The lowest BCUT2D eigenvalue weighted by Gasteiger charge is -2.24. The van der Waals surface area contributed by atoms with Crippen LogP contribution in [0.2, 0.25) is 0 Å². The summed E-state index contributed by atoms with van der Waals surface area (Å²) in [5, 5.41) is 7.66. The summed E-state index contributed by atoms with van der Waals surface area (Å²) in [7, 11) is 6.08. The molecule has 20 heavy (non-hydrogen) atoms. The fourth-order valence-electron chi connectivity index (χ4n) is 2.13. The quantitative estimate of drug-likeness (QED) is 0.910. The van der Waals surface area contributed by atoms with E-state index in [2.05, 4.69) is 63.3 Å². The molecular weight excluding hydrogens is 318 g/mol. The number of halogens is 1. The van der Waals surface area contributed by atoms with Gasteiger partial charge in [0.1, 0.15) is 5.82 Å². The molecule has 5 nitrogen and oxygen atoms in total. The van der Waals surface area contributed by atoms with Crippen molar-refractivity contribution in [1.29, 1.82) is 0 Å². The Hall–Kier alpha value is -1.40. The Morgan fingerprint density at radius 1 is 1.40 bits per heavy atom. The molecular formula is C14H20BrN5. The normalized spacial score (nSPS) is 12.7.